The number of aromatic nitrogens is 2. The fourth-order valence-electron chi connectivity index (χ4n) is 4.72. The van der Waals surface area contributed by atoms with E-state index >= 15 is 0 Å². The van der Waals surface area contributed by atoms with Gasteiger partial charge in [0, 0.05) is 37.7 Å². The van der Waals surface area contributed by atoms with Crippen molar-refractivity contribution in [3.8, 4) is 0 Å². The van der Waals surface area contributed by atoms with E-state index in [-0.39, 0.29) is 18.0 Å². The molecule has 1 fully saturated rings. The highest BCUT2D eigenvalue weighted by molar-refractivity contribution is 6.08. The minimum Gasteiger partial charge on any atom is -0.336 e. The zero-order valence-electron chi connectivity index (χ0n) is 16.1. The second-order valence-electron chi connectivity index (χ2n) is 7.64. The van der Waals surface area contributed by atoms with Crippen LogP contribution in [0.2, 0.25) is 0 Å². The van der Waals surface area contributed by atoms with E-state index in [1.54, 1.807) is 24.0 Å². The number of nitrogens with one attached hydrogen (secondary N) is 1. The number of para-hydroxylation sites is 1. The Kier molecular flexibility index (Phi) is 3.99. The van der Waals surface area contributed by atoms with Crippen LogP contribution in [0.15, 0.2) is 54.9 Å². The van der Waals surface area contributed by atoms with Gasteiger partial charge in [0.2, 0.25) is 5.91 Å². The standard InChI is InChI=1S/C22H18F2N4O2/c1-27-11-9-25-19(27)18-22(15-4-2-3-5-17(15)26-21(22)30)8-10-28(18)20(29)14-7-6-13(23)12-16(14)24/h2-7,9,11-12,18H,8,10H2,1H3,(H,26,30)/t18-,22+/m0/s1. The van der Waals surface area contributed by atoms with Crippen LogP contribution in [0.3, 0.4) is 0 Å². The quantitative estimate of drug-likeness (QED) is 0.708. The number of nitrogens with zero attached hydrogens (tertiary/aromatic N) is 3. The van der Waals surface area contributed by atoms with Crippen LogP contribution in [-0.4, -0.2) is 32.8 Å². The summed E-state index contributed by atoms with van der Waals surface area (Å²) in [7, 11) is 1.79. The zero-order chi connectivity index (χ0) is 21.0. The van der Waals surface area contributed by atoms with Crippen LogP contribution in [0.1, 0.15) is 34.2 Å². The molecule has 3 aromatic rings. The van der Waals surface area contributed by atoms with Gasteiger partial charge in [-0.3, -0.25) is 9.59 Å². The lowest BCUT2D eigenvalue weighted by Crippen LogP contribution is -2.44. The van der Waals surface area contributed by atoms with Crippen molar-refractivity contribution >= 4 is 17.5 Å². The number of hydrogen-bond acceptors (Lipinski definition) is 3. The molecule has 3 heterocycles. The molecule has 0 radical (unpaired) electrons. The Labute approximate surface area is 171 Å². The van der Waals surface area contributed by atoms with Gasteiger partial charge in [-0.15, -0.1) is 0 Å². The Morgan fingerprint density at radius 2 is 2.03 bits per heavy atom. The van der Waals surface area contributed by atoms with E-state index in [2.05, 4.69) is 10.3 Å². The lowest BCUT2D eigenvalue weighted by Gasteiger charge is -2.33. The average molecular weight is 408 g/mol. The highest BCUT2D eigenvalue weighted by atomic mass is 19.1. The molecule has 2 aliphatic heterocycles. The van der Waals surface area contributed by atoms with Crippen molar-refractivity contribution in [2.75, 3.05) is 11.9 Å². The third-order valence-corrected chi connectivity index (χ3v) is 6.11. The fraction of sp³-hybridized carbons (Fsp3) is 0.227. The first-order valence-corrected chi connectivity index (χ1v) is 9.57. The van der Waals surface area contributed by atoms with Gasteiger partial charge in [-0.1, -0.05) is 18.2 Å². The number of amides is 2. The van der Waals surface area contributed by atoms with Crippen LogP contribution in [0.4, 0.5) is 14.5 Å². The molecule has 0 saturated carbocycles. The van der Waals surface area contributed by atoms with Gasteiger partial charge in [0.05, 0.1) is 5.56 Å². The number of aryl methyl sites for hydroxylation is 1. The van der Waals surface area contributed by atoms with E-state index < -0.39 is 29.0 Å². The molecule has 6 nitrogen and oxygen atoms in total. The fourth-order valence-corrected chi connectivity index (χ4v) is 4.72. The summed E-state index contributed by atoms with van der Waals surface area (Å²) in [5.74, 6) is -1.99. The number of likely N-dealkylation sites (tertiary alicyclic amines) is 1. The van der Waals surface area contributed by atoms with Crippen molar-refractivity contribution in [1.29, 1.82) is 0 Å². The van der Waals surface area contributed by atoms with E-state index in [9.17, 15) is 18.4 Å². The van der Waals surface area contributed by atoms with Gasteiger partial charge in [-0.25, -0.2) is 13.8 Å². The lowest BCUT2D eigenvalue weighted by molar-refractivity contribution is -0.121. The number of imidazole rings is 1. The maximum atomic E-state index is 14.4. The van der Waals surface area contributed by atoms with Gasteiger partial charge in [0.1, 0.15) is 28.9 Å². The molecule has 1 saturated heterocycles. The molecule has 0 unspecified atom stereocenters. The number of carbonyl (C=O) groups excluding carboxylic acids is 2. The van der Waals surface area contributed by atoms with E-state index in [0.717, 1.165) is 17.7 Å². The summed E-state index contributed by atoms with van der Waals surface area (Å²) < 4.78 is 29.5. The molecule has 2 aromatic carbocycles. The Bertz CT molecular complexity index is 1190. The molecule has 0 bridgehead atoms. The van der Waals surface area contributed by atoms with E-state index in [1.807, 2.05) is 24.3 Å². The highest BCUT2D eigenvalue weighted by Crippen LogP contribution is 2.54. The number of hydrogen-bond donors (Lipinski definition) is 1. The first kappa shape index (κ1) is 18.5. The monoisotopic (exact) mass is 408 g/mol. The Hall–Kier alpha value is -3.55. The smallest absolute Gasteiger partial charge is 0.257 e. The van der Waals surface area contributed by atoms with E-state index in [0.29, 0.717) is 24.0 Å². The predicted molar refractivity (Wildman–Crippen MR) is 105 cm³/mol. The third-order valence-electron chi connectivity index (χ3n) is 6.11. The minimum atomic E-state index is -1.04. The molecule has 2 aliphatic rings. The first-order valence-electron chi connectivity index (χ1n) is 9.57. The summed E-state index contributed by atoms with van der Waals surface area (Å²) in [6, 6.07) is 9.51. The van der Waals surface area contributed by atoms with E-state index in [4.69, 9.17) is 0 Å². The van der Waals surface area contributed by atoms with Crippen LogP contribution in [0.25, 0.3) is 0 Å². The molecule has 2 atom stereocenters. The summed E-state index contributed by atoms with van der Waals surface area (Å²) >= 11 is 0. The molecule has 30 heavy (non-hydrogen) atoms. The third kappa shape index (κ3) is 2.43. The van der Waals surface area contributed by atoms with Crippen molar-refractivity contribution in [1.82, 2.24) is 14.5 Å². The topological polar surface area (TPSA) is 67.2 Å². The summed E-state index contributed by atoms with van der Waals surface area (Å²) in [6.07, 6.45) is 3.70. The summed E-state index contributed by atoms with van der Waals surface area (Å²) in [5.41, 5.74) is 0.211. The van der Waals surface area contributed by atoms with Crippen LogP contribution >= 0.6 is 0 Å². The van der Waals surface area contributed by atoms with Gasteiger partial charge >= 0.3 is 0 Å². The van der Waals surface area contributed by atoms with Gasteiger partial charge in [0.25, 0.3) is 5.91 Å². The van der Waals surface area contributed by atoms with Crippen molar-refractivity contribution < 1.29 is 18.4 Å². The second kappa shape index (κ2) is 6.48. The maximum absolute atomic E-state index is 14.4. The average Bonchev–Trinajstić information content (AvgIpc) is 3.39. The molecule has 1 spiro atoms. The lowest BCUT2D eigenvalue weighted by atomic mass is 9.74. The van der Waals surface area contributed by atoms with Crippen LogP contribution in [0, 0.1) is 11.6 Å². The summed E-state index contributed by atoms with van der Waals surface area (Å²) in [4.78, 5) is 32.5. The van der Waals surface area contributed by atoms with Crippen molar-refractivity contribution in [2.45, 2.75) is 17.9 Å². The number of fused-ring (bicyclic) bond motifs is 2. The first-order chi connectivity index (χ1) is 14.4. The second-order valence-corrected chi connectivity index (χ2v) is 7.64. The number of benzene rings is 2. The van der Waals surface area contributed by atoms with Crippen molar-refractivity contribution in [3.05, 3.63) is 83.4 Å². The molecule has 8 heteroatoms. The van der Waals surface area contributed by atoms with Crippen LogP contribution < -0.4 is 5.32 Å². The molecule has 1 aromatic heterocycles. The number of rotatable bonds is 2. The minimum absolute atomic E-state index is 0.216. The SMILES string of the molecule is Cn1ccnc1[C@@H]1N(C(=O)c2ccc(F)cc2F)CC[C@]12C(=O)Nc1ccccc12. The normalized spacial score (nSPS) is 22.4. The van der Waals surface area contributed by atoms with Crippen LogP contribution in [-0.2, 0) is 17.3 Å². The summed E-state index contributed by atoms with van der Waals surface area (Å²) in [5, 5.41) is 2.92. The molecule has 2 amide bonds. The maximum Gasteiger partial charge on any atom is 0.257 e. The Morgan fingerprint density at radius 1 is 1.23 bits per heavy atom. The van der Waals surface area contributed by atoms with Gasteiger partial charge < -0.3 is 14.8 Å². The van der Waals surface area contributed by atoms with Crippen LogP contribution in [0.5, 0.6) is 0 Å². The largest absolute Gasteiger partial charge is 0.336 e. The van der Waals surface area contributed by atoms with E-state index in [1.165, 1.54) is 4.90 Å². The zero-order valence-corrected chi connectivity index (χ0v) is 16.1. The molecule has 152 valence electrons. The van der Waals surface area contributed by atoms with Crippen molar-refractivity contribution in [3.63, 3.8) is 0 Å². The summed E-state index contributed by atoms with van der Waals surface area (Å²) in [6.45, 7) is 0.231. The molecule has 1 N–H and O–H groups in total. The Balaban J connectivity index is 1.68. The highest BCUT2D eigenvalue weighted by Gasteiger charge is 2.60. The van der Waals surface area contributed by atoms with Gasteiger partial charge in [-0.05, 0) is 30.2 Å². The Morgan fingerprint density at radius 3 is 2.77 bits per heavy atom. The number of carbonyl (C=O) groups is 2. The van der Waals surface area contributed by atoms with Gasteiger partial charge in [-0.2, -0.15) is 0 Å². The number of anilines is 1. The molecular weight excluding hydrogens is 390 g/mol. The molecule has 5 rings (SSSR count). The van der Waals surface area contributed by atoms with Crippen molar-refractivity contribution in [2.24, 2.45) is 7.05 Å². The number of halogens is 2. The molecular formula is C22H18F2N4O2. The molecule has 0 aliphatic carbocycles. The van der Waals surface area contributed by atoms with Gasteiger partial charge in [0.15, 0.2) is 0 Å². The predicted octanol–water partition coefficient (Wildman–Crippen LogP) is 3.18.